The molecule has 0 saturated carbocycles. The van der Waals surface area contributed by atoms with Crippen molar-refractivity contribution in [1.29, 1.82) is 0 Å². The summed E-state index contributed by atoms with van der Waals surface area (Å²) in [5.74, 6) is 0.333. The molecule has 1 aromatic heterocycles. The Labute approximate surface area is 142 Å². The third-order valence-corrected chi connectivity index (χ3v) is 3.66. The molecule has 0 radical (unpaired) electrons. The molecule has 1 amide bonds. The van der Waals surface area contributed by atoms with Crippen LogP contribution in [0.25, 0.3) is 11.4 Å². The molecule has 0 saturated heterocycles. The number of hydrogen-bond acceptors (Lipinski definition) is 5. The smallest absolute Gasteiger partial charge is 0.252 e. The molecule has 23 heavy (non-hydrogen) atoms. The molecule has 0 unspecified atom stereocenters. The largest absolute Gasteiger partial charge is 0.397 e. The van der Waals surface area contributed by atoms with Crippen molar-refractivity contribution in [3.8, 4) is 11.4 Å². The van der Waals surface area contributed by atoms with Crippen molar-refractivity contribution in [3.63, 3.8) is 0 Å². The van der Waals surface area contributed by atoms with E-state index in [0.717, 1.165) is 11.4 Å². The second kappa shape index (κ2) is 6.20. The van der Waals surface area contributed by atoms with Gasteiger partial charge in [-0.3, -0.25) is 4.79 Å². The summed E-state index contributed by atoms with van der Waals surface area (Å²) in [6, 6.07) is 5.36. The Kier molecular flexibility index (Phi) is 4.66. The summed E-state index contributed by atoms with van der Waals surface area (Å²) in [6.45, 7) is 9.57. The predicted octanol–water partition coefficient (Wildman–Crippen LogP) is 3.16. The maximum atomic E-state index is 12.3. The van der Waals surface area contributed by atoms with E-state index >= 15 is 0 Å². The molecular weight excluding hydrogens is 308 g/mol. The minimum atomic E-state index is -0.332. The molecule has 1 aromatic carbocycles. The normalized spacial score (nSPS) is 11.4. The van der Waals surface area contributed by atoms with Crippen LogP contribution in [-0.4, -0.2) is 21.4 Å². The zero-order chi connectivity index (χ0) is 17.4. The molecule has 0 bridgehead atoms. The van der Waals surface area contributed by atoms with Gasteiger partial charge in [0.2, 0.25) is 0 Å². The van der Waals surface area contributed by atoms with Crippen LogP contribution in [0.5, 0.6) is 0 Å². The van der Waals surface area contributed by atoms with Gasteiger partial charge < -0.3 is 11.1 Å². The van der Waals surface area contributed by atoms with E-state index < -0.39 is 0 Å². The van der Waals surface area contributed by atoms with Crippen molar-refractivity contribution in [2.45, 2.75) is 45.1 Å². The molecule has 6 heteroatoms. The van der Waals surface area contributed by atoms with Crippen molar-refractivity contribution in [1.82, 2.24) is 15.3 Å². The van der Waals surface area contributed by atoms with Crippen LogP contribution in [0.2, 0.25) is 0 Å². The molecule has 0 aliphatic carbocycles. The number of carbonyl (C=O) groups is 1. The Morgan fingerprint density at radius 1 is 1.17 bits per heavy atom. The number of nitrogens with one attached hydrogen (secondary N) is 1. The number of rotatable bonds is 2. The lowest BCUT2D eigenvalue weighted by Crippen LogP contribution is -2.40. The van der Waals surface area contributed by atoms with Crippen molar-refractivity contribution >= 4 is 24.2 Å². The fourth-order valence-corrected chi connectivity index (χ4v) is 2.54. The lowest BCUT2D eigenvalue weighted by atomic mass is 10.0. The van der Waals surface area contributed by atoms with E-state index in [0.29, 0.717) is 27.5 Å². The molecule has 0 aliphatic rings. The fraction of sp³-hybridized carbons (Fsp3) is 0.353. The number of anilines is 1. The Bertz CT molecular complexity index is 746. The topological polar surface area (TPSA) is 80.9 Å². The van der Waals surface area contributed by atoms with E-state index in [1.165, 1.54) is 0 Å². The summed E-state index contributed by atoms with van der Waals surface area (Å²) < 4.78 is 0. The molecule has 0 fully saturated rings. The van der Waals surface area contributed by atoms with Crippen molar-refractivity contribution in [2.75, 3.05) is 5.73 Å². The number of nitrogens with two attached hydrogens (primary N) is 1. The zero-order valence-electron chi connectivity index (χ0n) is 14.1. The molecule has 2 rings (SSSR count). The number of carbonyl (C=O) groups excluding carboxylic acids is 1. The van der Waals surface area contributed by atoms with E-state index in [1.807, 2.05) is 40.7 Å². The van der Waals surface area contributed by atoms with E-state index in [2.05, 4.69) is 27.9 Å². The van der Waals surface area contributed by atoms with Crippen LogP contribution in [0, 0.1) is 13.8 Å². The van der Waals surface area contributed by atoms with Gasteiger partial charge in [-0.25, -0.2) is 9.97 Å². The summed E-state index contributed by atoms with van der Waals surface area (Å²) in [4.78, 5) is 21.6. The summed E-state index contributed by atoms with van der Waals surface area (Å²) in [5.41, 5.74) is 9.09. The average Bonchev–Trinajstić information content (AvgIpc) is 2.38. The maximum Gasteiger partial charge on any atom is 0.252 e. The molecule has 3 N–H and O–H groups in total. The van der Waals surface area contributed by atoms with Gasteiger partial charge in [-0.05, 0) is 52.8 Å². The molecule has 122 valence electrons. The Hall–Kier alpha value is -2.08. The number of amides is 1. The van der Waals surface area contributed by atoms with E-state index in [9.17, 15) is 4.79 Å². The zero-order valence-corrected chi connectivity index (χ0v) is 15.0. The number of aryl methyl sites for hydroxylation is 2. The van der Waals surface area contributed by atoms with Crippen LogP contribution in [0.3, 0.4) is 0 Å². The molecule has 0 atom stereocenters. The molecule has 0 spiro atoms. The minimum absolute atomic E-state index is 0.206. The van der Waals surface area contributed by atoms with Crippen LogP contribution < -0.4 is 11.1 Å². The van der Waals surface area contributed by atoms with Crippen LogP contribution in [0.4, 0.5) is 5.69 Å². The molecule has 1 heterocycles. The lowest BCUT2D eigenvalue weighted by Gasteiger charge is -2.21. The summed E-state index contributed by atoms with van der Waals surface area (Å²) in [6.07, 6.45) is 0. The van der Waals surface area contributed by atoms with Crippen LogP contribution in [0.1, 0.15) is 42.5 Å². The first kappa shape index (κ1) is 17.3. The Balaban J connectivity index is 2.47. The minimum Gasteiger partial charge on any atom is -0.397 e. The lowest BCUT2D eigenvalue weighted by molar-refractivity contribution is 0.0916. The highest BCUT2D eigenvalue weighted by atomic mass is 32.1. The second-order valence-electron chi connectivity index (χ2n) is 6.60. The van der Waals surface area contributed by atoms with Gasteiger partial charge in [-0.2, -0.15) is 0 Å². The van der Waals surface area contributed by atoms with Crippen LogP contribution in [0.15, 0.2) is 23.1 Å². The third kappa shape index (κ3) is 4.01. The SMILES string of the molecule is Cc1cc(C)nc(-c2ccc(C(=O)NC(C)(C)C)c(S)c2N)n1. The highest BCUT2D eigenvalue weighted by Crippen LogP contribution is 2.31. The fourth-order valence-electron chi connectivity index (χ4n) is 2.24. The van der Waals surface area contributed by atoms with Gasteiger partial charge in [0.15, 0.2) is 5.82 Å². The number of thiol groups is 1. The first-order valence-corrected chi connectivity index (χ1v) is 7.80. The quantitative estimate of drug-likeness (QED) is 0.583. The predicted molar refractivity (Wildman–Crippen MR) is 95.8 cm³/mol. The van der Waals surface area contributed by atoms with Gasteiger partial charge in [-0.1, -0.05) is 0 Å². The van der Waals surface area contributed by atoms with Gasteiger partial charge in [0.25, 0.3) is 5.91 Å². The number of hydrogen-bond donors (Lipinski definition) is 3. The standard InChI is InChI=1S/C17H22N4OS/c1-9-8-10(2)20-15(19-9)11-6-7-12(14(23)13(11)18)16(22)21-17(3,4)5/h6-8,23H,18H2,1-5H3,(H,21,22). The van der Waals surface area contributed by atoms with E-state index in [4.69, 9.17) is 5.73 Å². The number of aromatic nitrogens is 2. The van der Waals surface area contributed by atoms with Gasteiger partial charge >= 0.3 is 0 Å². The highest BCUT2D eigenvalue weighted by molar-refractivity contribution is 7.80. The maximum absolute atomic E-state index is 12.3. The average molecular weight is 330 g/mol. The van der Waals surface area contributed by atoms with Crippen LogP contribution >= 0.6 is 12.6 Å². The van der Waals surface area contributed by atoms with Gasteiger partial charge in [0.1, 0.15) is 0 Å². The summed E-state index contributed by atoms with van der Waals surface area (Å²) >= 11 is 4.43. The van der Waals surface area contributed by atoms with E-state index in [1.54, 1.807) is 12.1 Å². The third-order valence-electron chi connectivity index (χ3n) is 3.17. The van der Waals surface area contributed by atoms with Crippen molar-refractivity contribution in [2.24, 2.45) is 0 Å². The van der Waals surface area contributed by atoms with E-state index in [-0.39, 0.29) is 11.4 Å². The first-order valence-electron chi connectivity index (χ1n) is 7.35. The molecule has 5 nitrogen and oxygen atoms in total. The van der Waals surface area contributed by atoms with Gasteiger partial charge in [0.05, 0.1) is 11.3 Å². The number of nitrogens with zero attached hydrogens (tertiary/aromatic N) is 2. The molecule has 2 aromatic rings. The second-order valence-corrected chi connectivity index (χ2v) is 7.05. The van der Waals surface area contributed by atoms with Crippen molar-refractivity contribution in [3.05, 3.63) is 35.2 Å². The number of nitrogen functional groups attached to an aromatic ring is 1. The summed E-state index contributed by atoms with van der Waals surface area (Å²) in [5, 5.41) is 2.91. The first-order chi connectivity index (χ1) is 10.6. The molecular formula is C17H22N4OS. The Morgan fingerprint density at radius 3 is 2.26 bits per heavy atom. The van der Waals surface area contributed by atoms with Gasteiger partial charge in [-0.15, -0.1) is 12.6 Å². The Morgan fingerprint density at radius 2 is 1.74 bits per heavy atom. The van der Waals surface area contributed by atoms with Crippen molar-refractivity contribution < 1.29 is 4.79 Å². The number of benzene rings is 1. The highest BCUT2D eigenvalue weighted by Gasteiger charge is 2.20. The van der Waals surface area contributed by atoms with Gasteiger partial charge in [0, 0.05) is 27.4 Å². The molecule has 0 aliphatic heterocycles. The summed E-state index contributed by atoms with van der Waals surface area (Å²) in [7, 11) is 0. The monoisotopic (exact) mass is 330 g/mol. The van der Waals surface area contributed by atoms with Crippen LogP contribution in [-0.2, 0) is 0 Å².